The number of alkyl halides is 6. The lowest BCUT2D eigenvalue weighted by atomic mass is 9.74. The minimum absolute atomic E-state index is 0.0385. The van der Waals surface area contributed by atoms with E-state index in [-0.39, 0.29) is 58.9 Å². The van der Waals surface area contributed by atoms with E-state index in [1.54, 1.807) is 6.07 Å². The van der Waals surface area contributed by atoms with Gasteiger partial charge in [0.1, 0.15) is 11.5 Å². The summed E-state index contributed by atoms with van der Waals surface area (Å²) in [6.45, 7) is 11.3. The molecule has 52 heavy (non-hydrogen) atoms. The minimum Gasteiger partial charge on any atom is -0.478 e. The number of para-hydroxylation sites is 1. The maximum Gasteiger partial charge on any atom is 0.573 e. The molecule has 7 nitrogen and oxygen atoms in total. The number of aromatic carboxylic acids is 1. The standard InChI is InChI=1S/C38H46F6N2O5S/c1-7-10-25-16-27(49-19-29(22(5)24-13-14-24)33(45)28-11-8-9-12-30(28)50-37(39,40)41)15-21(4)34(25)46-35(20(2)3)52-32-18-26(36(47)48)17-31(23(32)6)51-38(42,43)44/h8-9,11-12,17-18,21,24-25,27,34,45-46H,7,10,13-16,19H2,1-6H3,(H,47,48)/b29-22+,45-33?. The van der Waals surface area contributed by atoms with Crippen LogP contribution in [0.2, 0.25) is 0 Å². The van der Waals surface area contributed by atoms with E-state index in [2.05, 4.69) is 28.6 Å². The Morgan fingerprint density at radius 1 is 1.00 bits per heavy atom. The molecule has 2 aliphatic carbocycles. The number of carboxylic acid groups (broad SMARTS) is 1. The van der Waals surface area contributed by atoms with Crippen LogP contribution in [-0.2, 0) is 4.74 Å². The lowest BCUT2D eigenvalue weighted by molar-refractivity contribution is -0.275. The van der Waals surface area contributed by atoms with Gasteiger partial charge in [-0.05, 0) is 107 Å². The highest BCUT2D eigenvalue weighted by Crippen LogP contribution is 2.42. The van der Waals surface area contributed by atoms with Crippen LogP contribution >= 0.6 is 11.8 Å². The van der Waals surface area contributed by atoms with E-state index in [4.69, 9.17) is 10.1 Å². The molecule has 0 bridgehead atoms. The third kappa shape index (κ3) is 11.2. The summed E-state index contributed by atoms with van der Waals surface area (Å²) in [6.07, 6.45) is -5.17. The monoisotopic (exact) mass is 756 g/mol. The molecule has 4 unspecified atom stereocenters. The number of nitrogens with one attached hydrogen (secondary N) is 2. The van der Waals surface area contributed by atoms with Crippen LogP contribution in [0.15, 0.2) is 63.0 Å². The van der Waals surface area contributed by atoms with Gasteiger partial charge in [-0.15, -0.1) is 26.3 Å². The fourth-order valence-electron chi connectivity index (χ4n) is 6.73. The first-order chi connectivity index (χ1) is 24.3. The highest BCUT2D eigenvalue weighted by molar-refractivity contribution is 8.03. The number of allylic oxidation sites excluding steroid dienone is 2. The number of hydrogen-bond donors (Lipinski definition) is 3. The molecule has 4 rings (SSSR count). The lowest BCUT2D eigenvalue weighted by Crippen LogP contribution is -2.47. The summed E-state index contributed by atoms with van der Waals surface area (Å²) in [5.74, 6) is -1.95. The molecular formula is C38H46F6N2O5S. The van der Waals surface area contributed by atoms with Gasteiger partial charge in [-0.25, -0.2) is 4.79 Å². The molecule has 0 aliphatic heterocycles. The molecule has 0 spiro atoms. The molecule has 2 aliphatic rings. The van der Waals surface area contributed by atoms with Crippen LogP contribution in [0, 0.1) is 30.1 Å². The number of benzene rings is 2. The first-order valence-corrected chi connectivity index (χ1v) is 18.1. The zero-order chi connectivity index (χ0) is 38.5. The SMILES string of the molecule is CCCC1CC(OC/C(C(=N)c2ccccc2OC(F)(F)F)=C(/C)C2CC2)CC(C)C1NC(Sc1cc(C(=O)O)cc(OC(F)(F)F)c1C)=C(C)C. The number of thioether (sulfide) groups is 1. The van der Waals surface area contributed by atoms with Crippen LogP contribution in [0.3, 0.4) is 0 Å². The van der Waals surface area contributed by atoms with Gasteiger partial charge in [0.2, 0.25) is 0 Å². The van der Waals surface area contributed by atoms with Crippen molar-refractivity contribution in [2.45, 2.75) is 110 Å². The fourth-order valence-corrected chi connectivity index (χ4v) is 7.79. The van der Waals surface area contributed by atoms with Gasteiger partial charge in [0.15, 0.2) is 0 Å². The smallest absolute Gasteiger partial charge is 0.478 e. The topological polar surface area (TPSA) is 101 Å². The zero-order valence-electron chi connectivity index (χ0n) is 30.1. The van der Waals surface area contributed by atoms with Crippen LogP contribution in [0.1, 0.15) is 94.6 Å². The van der Waals surface area contributed by atoms with Crippen molar-refractivity contribution in [1.29, 1.82) is 5.41 Å². The van der Waals surface area contributed by atoms with E-state index in [0.717, 1.165) is 54.7 Å². The Bertz CT molecular complexity index is 1680. The van der Waals surface area contributed by atoms with Crippen LogP contribution in [0.25, 0.3) is 0 Å². The maximum absolute atomic E-state index is 13.2. The minimum atomic E-state index is -5.00. The molecule has 14 heteroatoms. The molecule has 2 saturated carbocycles. The van der Waals surface area contributed by atoms with Gasteiger partial charge in [0, 0.05) is 27.6 Å². The third-order valence-electron chi connectivity index (χ3n) is 9.54. The molecule has 4 atom stereocenters. The first-order valence-electron chi connectivity index (χ1n) is 17.3. The molecule has 0 saturated heterocycles. The van der Waals surface area contributed by atoms with Gasteiger partial charge in [-0.2, -0.15) is 0 Å². The van der Waals surface area contributed by atoms with Crippen molar-refractivity contribution in [2.75, 3.05) is 6.61 Å². The van der Waals surface area contributed by atoms with Gasteiger partial charge >= 0.3 is 18.7 Å². The van der Waals surface area contributed by atoms with Crippen molar-refractivity contribution in [1.82, 2.24) is 5.32 Å². The largest absolute Gasteiger partial charge is 0.573 e. The number of ether oxygens (including phenoxy) is 3. The molecule has 0 amide bonds. The van der Waals surface area contributed by atoms with Crippen molar-refractivity contribution < 1.29 is 50.5 Å². The van der Waals surface area contributed by atoms with Gasteiger partial charge in [0.25, 0.3) is 0 Å². The lowest BCUT2D eigenvalue weighted by Gasteiger charge is -2.42. The molecule has 2 fully saturated rings. The summed E-state index contributed by atoms with van der Waals surface area (Å²) in [5, 5.41) is 23.0. The second-order valence-corrected chi connectivity index (χ2v) is 14.9. The second-order valence-electron chi connectivity index (χ2n) is 13.8. The van der Waals surface area contributed by atoms with Crippen LogP contribution in [-0.4, -0.2) is 48.3 Å². The van der Waals surface area contributed by atoms with Gasteiger partial charge in [-0.1, -0.05) is 49.7 Å². The normalized spacial score (nSPS) is 21.2. The summed E-state index contributed by atoms with van der Waals surface area (Å²) < 4.78 is 94.1. The highest BCUT2D eigenvalue weighted by Gasteiger charge is 2.38. The molecule has 0 radical (unpaired) electrons. The number of halogens is 6. The predicted molar refractivity (Wildman–Crippen MR) is 188 cm³/mol. The van der Waals surface area contributed by atoms with Crippen LogP contribution < -0.4 is 14.8 Å². The molecule has 2 aromatic rings. The Morgan fingerprint density at radius 3 is 2.21 bits per heavy atom. The zero-order valence-corrected chi connectivity index (χ0v) is 30.9. The molecule has 0 heterocycles. The van der Waals surface area contributed by atoms with Crippen molar-refractivity contribution in [3.05, 3.63) is 74.8 Å². The van der Waals surface area contributed by atoms with Crippen molar-refractivity contribution in [3.63, 3.8) is 0 Å². The van der Waals surface area contributed by atoms with E-state index < -0.39 is 30.2 Å². The summed E-state index contributed by atoms with van der Waals surface area (Å²) in [6, 6.07) is 7.82. The van der Waals surface area contributed by atoms with Crippen molar-refractivity contribution >= 4 is 23.4 Å². The molecule has 2 aromatic carbocycles. The quantitative estimate of drug-likeness (QED) is 0.0945. The Hall–Kier alpha value is -3.65. The Morgan fingerprint density at radius 2 is 1.63 bits per heavy atom. The number of carbonyl (C=O) groups is 1. The van der Waals surface area contributed by atoms with E-state index in [1.165, 1.54) is 31.2 Å². The number of carboxylic acids is 1. The van der Waals surface area contributed by atoms with E-state index in [1.807, 2.05) is 20.8 Å². The molecule has 286 valence electrons. The average molecular weight is 757 g/mol. The number of rotatable bonds is 15. The fraction of sp³-hybridized carbons (Fsp3) is 0.526. The van der Waals surface area contributed by atoms with Gasteiger partial charge in [0.05, 0.1) is 29.0 Å². The predicted octanol–water partition coefficient (Wildman–Crippen LogP) is 10.8. The highest BCUT2D eigenvalue weighted by atomic mass is 32.2. The first kappa shape index (κ1) is 41.1. The Labute approximate surface area is 304 Å². The average Bonchev–Trinajstić information content (AvgIpc) is 3.88. The van der Waals surface area contributed by atoms with Crippen molar-refractivity contribution in [2.24, 2.45) is 17.8 Å². The molecular weight excluding hydrogens is 710 g/mol. The van der Waals surface area contributed by atoms with E-state index in [9.17, 15) is 36.2 Å². The van der Waals surface area contributed by atoms with Gasteiger partial charge < -0.3 is 24.6 Å². The van der Waals surface area contributed by atoms with Crippen LogP contribution in [0.5, 0.6) is 11.5 Å². The molecule has 0 aromatic heterocycles. The van der Waals surface area contributed by atoms with E-state index in [0.29, 0.717) is 28.3 Å². The summed E-state index contributed by atoms with van der Waals surface area (Å²) in [7, 11) is 0. The third-order valence-corrected chi connectivity index (χ3v) is 10.9. The molecule has 3 N–H and O–H groups in total. The number of hydrogen-bond acceptors (Lipinski definition) is 7. The summed E-state index contributed by atoms with van der Waals surface area (Å²) in [4.78, 5) is 12.1. The van der Waals surface area contributed by atoms with E-state index >= 15 is 0 Å². The summed E-state index contributed by atoms with van der Waals surface area (Å²) in [5.41, 5.74) is 2.15. The second kappa shape index (κ2) is 17.0. The summed E-state index contributed by atoms with van der Waals surface area (Å²) >= 11 is 1.16. The van der Waals surface area contributed by atoms with Gasteiger partial charge in [-0.3, -0.25) is 5.41 Å². The Kier molecular flexibility index (Phi) is 13.4. The Balaban J connectivity index is 1.53. The van der Waals surface area contributed by atoms with Crippen molar-refractivity contribution in [3.8, 4) is 11.5 Å². The van der Waals surface area contributed by atoms with Crippen LogP contribution in [0.4, 0.5) is 26.3 Å². The maximum atomic E-state index is 13.2.